The molecular formula is C23H28N4O2. The Morgan fingerprint density at radius 3 is 2.69 bits per heavy atom. The first-order chi connectivity index (χ1) is 14.0. The summed E-state index contributed by atoms with van der Waals surface area (Å²) in [5.41, 5.74) is 2.48. The molecule has 0 aliphatic rings. The lowest BCUT2D eigenvalue weighted by Crippen LogP contribution is -2.43. The van der Waals surface area contributed by atoms with Crippen LogP contribution in [-0.2, 0) is 6.54 Å². The van der Waals surface area contributed by atoms with Crippen LogP contribution in [0.4, 0.5) is 4.79 Å². The monoisotopic (exact) mass is 392 g/mol. The zero-order valence-corrected chi connectivity index (χ0v) is 17.3. The Kier molecular flexibility index (Phi) is 8.26. The van der Waals surface area contributed by atoms with E-state index in [4.69, 9.17) is 10.00 Å². The number of urea groups is 1. The molecule has 0 saturated carbocycles. The quantitative estimate of drug-likeness (QED) is 0.663. The van der Waals surface area contributed by atoms with Crippen molar-refractivity contribution in [1.29, 1.82) is 5.26 Å². The first-order valence-electron chi connectivity index (χ1n) is 9.42. The number of nitrogens with one attached hydrogen (secondary N) is 1. The lowest BCUT2D eigenvalue weighted by Gasteiger charge is -2.28. The van der Waals surface area contributed by atoms with Crippen LogP contribution in [0.5, 0.6) is 5.75 Å². The van der Waals surface area contributed by atoms with Crippen molar-refractivity contribution in [2.75, 3.05) is 34.3 Å². The molecular weight excluding hydrogens is 364 g/mol. The van der Waals surface area contributed by atoms with Crippen LogP contribution in [0.15, 0.2) is 61.2 Å². The third kappa shape index (κ3) is 6.09. The maximum absolute atomic E-state index is 12.9. The molecule has 0 aromatic heterocycles. The highest BCUT2D eigenvalue weighted by molar-refractivity contribution is 5.74. The van der Waals surface area contributed by atoms with E-state index in [1.54, 1.807) is 30.2 Å². The highest BCUT2D eigenvalue weighted by Crippen LogP contribution is 2.27. The number of nitrogens with zero attached hydrogens (tertiary/aromatic N) is 3. The molecule has 2 aromatic carbocycles. The number of rotatable bonds is 9. The molecule has 0 heterocycles. The van der Waals surface area contributed by atoms with Crippen LogP contribution in [0, 0.1) is 11.3 Å². The SMILES string of the molecule is C=CCN(Cc1cccc(C#N)c1)C(=O)NCC(c1ccccc1OC)N(C)C. The Balaban J connectivity index is 2.11. The Labute approximate surface area is 173 Å². The van der Waals surface area contributed by atoms with Gasteiger partial charge in [0.25, 0.3) is 0 Å². The predicted molar refractivity (Wildman–Crippen MR) is 115 cm³/mol. The summed E-state index contributed by atoms with van der Waals surface area (Å²) in [5, 5.41) is 12.1. The van der Waals surface area contributed by atoms with Gasteiger partial charge < -0.3 is 19.9 Å². The summed E-state index contributed by atoms with van der Waals surface area (Å²) in [6, 6.07) is 17.0. The van der Waals surface area contributed by atoms with E-state index in [0.717, 1.165) is 16.9 Å². The van der Waals surface area contributed by atoms with Crippen molar-refractivity contribution in [3.05, 3.63) is 77.9 Å². The molecule has 2 rings (SSSR count). The smallest absolute Gasteiger partial charge is 0.318 e. The summed E-state index contributed by atoms with van der Waals surface area (Å²) < 4.78 is 5.48. The molecule has 0 spiro atoms. The minimum absolute atomic E-state index is 0.0393. The van der Waals surface area contributed by atoms with E-state index >= 15 is 0 Å². The molecule has 0 fully saturated rings. The number of likely N-dealkylation sites (N-methyl/N-ethyl adjacent to an activating group) is 1. The van der Waals surface area contributed by atoms with Gasteiger partial charge in [0.1, 0.15) is 5.75 Å². The van der Waals surface area contributed by atoms with Gasteiger partial charge in [0.15, 0.2) is 0 Å². The van der Waals surface area contributed by atoms with E-state index in [0.29, 0.717) is 25.2 Å². The summed E-state index contributed by atoms with van der Waals surface area (Å²) in [6.07, 6.45) is 1.69. The lowest BCUT2D eigenvalue weighted by molar-refractivity contribution is 0.194. The fourth-order valence-electron chi connectivity index (χ4n) is 3.14. The summed E-state index contributed by atoms with van der Waals surface area (Å²) in [7, 11) is 5.58. The Morgan fingerprint density at radius 2 is 2.03 bits per heavy atom. The predicted octanol–water partition coefficient (Wildman–Crippen LogP) is 3.57. The van der Waals surface area contributed by atoms with E-state index < -0.39 is 0 Å². The molecule has 1 N–H and O–H groups in total. The van der Waals surface area contributed by atoms with E-state index in [-0.39, 0.29) is 12.1 Å². The number of carbonyl (C=O) groups is 1. The second kappa shape index (κ2) is 10.9. The van der Waals surface area contributed by atoms with Crippen LogP contribution in [0.1, 0.15) is 22.7 Å². The largest absolute Gasteiger partial charge is 0.496 e. The van der Waals surface area contributed by atoms with Crippen molar-refractivity contribution < 1.29 is 9.53 Å². The van der Waals surface area contributed by atoms with Crippen molar-refractivity contribution in [3.63, 3.8) is 0 Å². The molecule has 6 nitrogen and oxygen atoms in total. The van der Waals surface area contributed by atoms with Crippen molar-refractivity contribution in [1.82, 2.24) is 15.1 Å². The van der Waals surface area contributed by atoms with Gasteiger partial charge >= 0.3 is 6.03 Å². The third-order valence-corrected chi connectivity index (χ3v) is 4.63. The van der Waals surface area contributed by atoms with E-state index in [1.165, 1.54) is 0 Å². The third-order valence-electron chi connectivity index (χ3n) is 4.63. The summed E-state index contributed by atoms with van der Waals surface area (Å²) in [6.45, 7) is 4.99. The number of amides is 2. The van der Waals surface area contributed by atoms with Crippen LogP contribution < -0.4 is 10.1 Å². The lowest BCUT2D eigenvalue weighted by atomic mass is 10.0. The molecule has 1 unspecified atom stereocenters. The summed E-state index contributed by atoms with van der Waals surface area (Å²) in [5.74, 6) is 0.789. The number of ether oxygens (including phenoxy) is 1. The number of hydrogen-bond acceptors (Lipinski definition) is 4. The van der Waals surface area contributed by atoms with Gasteiger partial charge in [-0.2, -0.15) is 5.26 Å². The number of benzene rings is 2. The van der Waals surface area contributed by atoms with Gasteiger partial charge in [0.2, 0.25) is 0 Å². The van der Waals surface area contributed by atoms with Crippen molar-refractivity contribution in [2.24, 2.45) is 0 Å². The number of methoxy groups -OCH3 is 1. The van der Waals surface area contributed by atoms with E-state index in [2.05, 4.69) is 18.0 Å². The highest BCUT2D eigenvalue weighted by atomic mass is 16.5. The average Bonchev–Trinajstić information content (AvgIpc) is 2.73. The molecule has 0 aliphatic carbocycles. The van der Waals surface area contributed by atoms with Gasteiger partial charge in [-0.05, 0) is 37.9 Å². The minimum atomic E-state index is -0.186. The first kappa shape index (κ1) is 22.0. The molecule has 152 valence electrons. The van der Waals surface area contributed by atoms with Crippen LogP contribution in [0.2, 0.25) is 0 Å². The maximum Gasteiger partial charge on any atom is 0.318 e. The first-order valence-corrected chi connectivity index (χ1v) is 9.42. The van der Waals surface area contributed by atoms with Crippen molar-refractivity contribution in [2.45, 2.75) is 12.6 Å². The standard InChI is InChI=1S/C23H28N4O2/c1-5-13-27(17-19-10-8-9-18(14-19)15-24)23(28)25-16-21(26(2)3)20-11-6-7-12-22(20)29-4/h5-12,14,21H,1,13,16-17H2,2-4H3,(H,25,28). The van der Waals surface area contributed by atoms with Gasteiger partial charge in [-0.15, -0.1) is 6.58 Å². The highest BCUT2D eigenvalue weighted by Gasteiger charge is 2.20. The molecule has 0 aliphatic heterocycles. The molecule has 2 aromatic rings. The second-order valence-corrected chi connectivity index (χ2v) is 6.89. The zero-order valence-electron chi connectivity index (χ0n) is 17.3. The number of para-hydroxylation sites is 1. The van der Waals surface area contributed by atoms with Crippen LogP contribution in [0.25, 0.3) is 0 Å². The fourth-order valence-corrected chi connectivity index (χ4v) is 3.14. The van der Waals surface area contributed by atoms with Crippen molar-refractivity contribution in [3.8, 4) is 11.8 Å². The maximum atomic E-state index is 12.9. The topological polar surface area (TPSA) is 68.6 Å². The molecule has 0 radical (unpaired) electrons. The van der Waals surface area contributed by atoms with E-state index in [1.807, 2.05) is 55.4 Å². The number of carbonyl (C=O) groups excluding carboxylic acids is 1. The van der Waals surface area contributed by atoms with Gasteiger partial charge in [-0.25, -0.2) is 4.79 Å². The van der Waals surface area contributed by atoms with Crippen LogP contribution in [0.3, 0.4) is 0 Å². The molecule has 29 heavy (non-hydrogen) atoms. The molecule has 6 heteroatoms. The molecule has 1 atom stereocenters. The summed E-state index contributed by atoms with van der Waals surface area (Å²) >= 11 is 0. The van der Waals surface area contributed by atoms with Crippen LogP contribution >= 0.6 is 0 Å². The zero-order chi connectivity index (χ0) is 21.2. The van der Waals surface area contributed by atoms with Gasteiger partial charge in [-0.3, -0.25) is 0 Å². The van der Waals surface area contributed by atoms with Crippen molar-refractivity contribution >= 4 is 6.03 Å². The Morgan fingerprint density at radius 1 is 1.28 bits per heavy atom. The van der Waals surface area contributed by atoms with Gasteiger partial charge in [-0.1, -0.05) is 36.4 Å². The number of nitriles is 1. The minimum Gasteiger partial charge on any atom is -0.496 e. The molecule has 2 amide bonds. The normalized spacial score (nSPS) is 11.4. The molecule has 0 saturated heterocycles. The van der Waals surface area contributed by atoms with Gasteiger partial charge in [0.05, 0.1) is 24.8 Å². The van der Waals surface area contributed by atoms with Gasteiger partial charge in [0, 0.05) is 25.2 Å². The number of hydrogen-bond donors (Lipinski definition) is 1. The summed E-state index contributed by atoms with van der Waals surface area (Å²) in [4.78, 5) is 16.6. The fraction of sp³-hybridized carbons (Fsp3) is 0.304. The van der Waals surface area contributed by atoms with Crippen LogP contribution in [-0.4, -0.2) is 50.1 Å². The second-order valence-electron chi connectivity index (χ2n) is 6.89. The Hall–Kier alpha value is -3.30. The average molecular weight is 393 g/mol. The molecule has 0 bridgehead atoms. The Bertz CT molecular complexity index is 873. The van der Waals surface area contributed by atoms with E-state index in [9.17, 15) is 4.79 Å².